The SMILES string of the molecule is O=C(O)C1=C(C(=O)Cc2ccc(-c3cccc(F)c3)cc2F)CCC1. The zero-order chi connectivity index (χ0) is 18.0. The van der Waals surface area contributed by atoms with Crippen molar-refractivity contribution < 1.29 is 23.5 Å². The molecule has 1 aliphatic carbocycles. The van der Waals surface area contributed by atoms with E-state index >= 15 is 0 Å². The number of hydrogen-bond donors (Lipinski definition) is 1. The van der Waals surface area contributed by atoms with Crippen LogP contribution in [0.1, 0.15) is 24.8 Å². The number of allylic oxidation sites excluding steroid dienone is 1. The molecule has 0 amide bonds. The van der Waals surface area contributed by atoms with Crippen molar-refractivity contribution in [2.45, 2.75) is 25.7 Å². The van der Waals surface area contributed by atoms with Crippen LogP contribution in [0.25, 0.3) is 11.1 Å². The molecule has 1 N–H and O–H groups in total. The standard InChI is InChI=1S/C20H16F2O3/c21-15-4-1-3-12(9-15)13-7-8-14(18(22)10-13)11-19(23)16-5-2-6-17(16)20(24)25/h1,3-4,7-10H,2,5-6,11H2,(H,24,25). The van der Waals surface area contributed by atoms with E-state index in [1.54, 1.807) is 18.2 Å². The smallest absolute Gasteiger partial charge is 0.331 e. The lowest BCUT2D eigenvalue weighted by Gasteiger charge is -2.08. The normalized spacial score (nSPS) is 14.0. The maximum absolute atomic E-state index is 14.4. The minimum Gasteiger partial charge on any atom is -0.478 e. The molecule has 0 aromatic heterocycles. The number of Topliss-reactive ketones (excluding diaryl/α,β-unsaturated/α-hetero) is 1. The number of halogens is 2. The lowest BCUT2D eigenvalue weighted by Crippen LogP contribution is -2.11. The average molecular weight is 342 g/mol. The third kappa shape index (κ3) is 3.65. The fourth-order valence-electron chi connectivity index (χ4n) is 3.11. The molecule has 0 heterocycles. The van der Waals surface area contributed by atoms with Gasteiger partial charge in [-0.3, -0.25) is 4.79 Å². The van der Waals surface area contributed by atoms with E-state index in [1.165, 1.54) is 24.3 Å². The van der Waals surface area contributed by atoms with Crippen molar-refractivity contribution >= 4 is 11.8 Å². The average Bonchev–Trinajstić information content (AvgIpc) is 3.06. The number of benzene rings is 2. The van der Waals surface area contributed by atoms with Gasteiger partial charge in [-0.25, -0.2) is 13.6 Å². The van der Waals surface area contributed by atoms with E-state index in [0.29, 0.717) is 36.0 Å². The second-order valence-corrected chi connectivity index (χ2v) is 6.03. The first-order valence-corrected chi connectivity index (χ1v) is 7.98. The molecule has 3 rings (SSSR count). The van der Waals surface area contributed by atoms with Crippen molar-refractivity contribution in [3.63, 3.8) is 0 Å². The van der Waals surface area contributed by atoms with E-state index in [2.05, 4.69) is 0 Å². The van der Waals surface area contributed by atoms with Gasteiger partial charge in [-0.15, -0.1) is 0 Å². The van der Waals surface area contributed by atoms with Gasteiger partial charge in [0.05, 0.1) is 0 Å². The predicted molar refractivity (Wildman–Crippen MR) is 89.0 cm³/mol. The number of hydrogen-bond acceptors (Lipinski definition) is 2. The zero-order valence-electron chi connectivity index (χ0n) is 13.4. The highest BCUT2D eigenvalue weighted by molar-refractivity contribution is 6.04. The highest BCUT2D eigenvalue weighted by Gasteiger charge is 2.25. The van der Waals surface area contributed by atoms with Crippen molar-refractivity contribution in [3.05, 3.63) is 70.8 Å². The van der Waals surface area contributed by atoms with Gasteiger partial charge >= 0.3 is 5.97 Å². The van der Waals surface area contributed by atoms with Gasteiger partial charge in [0.2, 0.25) is 0 Å². The topological polar surface area (TPSA) is 54.4 Å². The maximum atomic E-state index is 14.4. The van der Waals surface area contributed by atoms with Crippen LogP contribution >= 0.6 is 0 Å². The molecule has 0 bridgehead atoms. The summed E-state index contributed by atoms with van der Waals surface area (Å²) in [7, 11) is 0. The Morgan fingerprint density at radius 3 is 2.36 bits per heavy atom. The third-order valence-corrected chi connectivity index (χ3v) is 4.37. The Bertz CT molecular complexity index is 884. The largest absolute Gasteiger partial charge is 0.478 e. The van der Waals surface area contributed by atoms with E-state index < -0.39 is 17.6 Å². The molecule has 1 aliphatic rings. The molecule has 3 nitrogen and oxygen atoms in total. The zero-order valence-corrected chi connectivity index (χ0v) is 13.4. The van der Waals surface area contributed by atoms with Crippen molar-refractivity contribution in [3.8, 4) is 11.1 Å². The first-order valence-electron chi connectivity index (χ1n) is 7.98. The summed E-state index contributed by atoms with van der Waals surface area (Å²) < 4.78 is 27.6. The van der Waals surface area contributed by atoms with Gasteiger partial charge < -0.3 is 5.11 Å². The van der Waals surface area contributed by atoms with E-state index in [-0.39, 0.29) is 23.3 Å². The van der Waals surface area contributed by atoms with Crippen LogP contribution in [0.2, 0.25) is 0 Å². The molecule has 0 saturated carbocycles. The number of rotatable bonds is 5. The van der Waals surface area contributed by atoms with Gasteiger partial charge in [0.25, 0.3) is 0 Å². The highest BCUT2D eigenvalue weighted by atomic mass is 19.1. The summed E-state index contributed by atoms with van der Waals surface area (Å²) in [6.07, 6.45) is 1.24. The molecule has 2 aromatic carbocycles. The minimum atomic E-state index is -1.08. The van der Waals surface area contributed by atoms with E-state index in [9.17, 15) is 18.4 Å². The second-order valence-electron chi connectivity index (χ2n) is 6.03. The van der Waals surface area contributed by atoms with Gasteiger partial charge in [0.1, 0.15) is 11.6 Å². The summed E-state index contributed by atoms with van der Waals surface area (Å²) in [5, 5.41) is 9.12. The van der Waals surface area contributed by atoms with Crippen LogP contribution < -0.4 is 0 Å². The first kappa shape index (κ1) is 17.0. The van der Waals surface area contributed by atoms with Crippen LogP contribution in [0.5, 0.6) is 0 Å². The summed E-state index contributed by atoms with van der Waals surface area (Å²) >= 11 is 0. The van der Waals surface area contributed by atoms with Crippen LogP contribution in [0.4, 0.5) is 8.78 Å². The summed E-state index contributed by atoms with van der Waals surface area (Å²) in [6, 6.07) is 10.2. The molecule has 0 saturated heterocycles. The Balaban J connectivity index is 1.83. The summed E-state index contributed by atoms with van der Waals surface area (Å²) in [4.78, 5) is 23.5. The van der Waals surface area contributed by atoms with Gasteiger partial charge in [-0.05, 0) is 54.2 Å². The molecule has 25 heavy (non-hydrogen) atoms. The van der Waals surface area contributed by atoms with Crippen molar-refractivity contribution in [1.82, 2.24) is 0 Å². The third-order valence-electron chi connectivity index (χ3n) is 4.37. The van der Waals surface area contributed by atoms with Gasteiger partial charge in [0.15, 0.2) is 5.78 Å². The quantitative estimate of drug-likeness (QED) is 0.881. The molecule has 0 unspecified atom stereocenters. The van der Waals surface area contributed by atoms with Crippen molar-refractivity contribution in [2.75, 3.05) is 0 Å². The van der Waals surface area contributed by atoms with Gasteiger partial charge in [-0.1, -0.05) is 24.3 Å². The summed E-state index contributed by atoms with van der Waals surface area (Å²) in [5.74, 6) is -2.41. The minimum absolute atomic E-state index is 0.141. The molecule has 0 radical (unpaired) electrons. The van der Waals surface area contributed by atoms with Gasteiger partial charge in [0, 0.05) is 17.6 Å². The van der Waals surface area contributed by atoms with Gasteiger partial charge in [-0.2, -0.15) is 0 Å². The van der Waals surface area contributed by atoms with Crippen LogP contribution in [0.15, 0.2) is 53.6 Å². The van der Waals surface area contributed by atoms with E-state index in [0.717, 1.165) is 0 Å². The fraction of sp³-hybridized carbons (Fsp3) is 0.200. The number of carboxylic acids is 1. The molecular weight excluding hydrogens is 326 g/mol. The molecular formula is C20H16F2O3. The monoisotopic (exact) mass is 342 g/mol. The predicted octanol–water partition coefficient (Wildman–Crippen LogP) is 4.31. The number of aliphatic carboxylic acids is 1. The summed E-state index contributed by atoms with van der Waals surface area (Å²) in [6.45, 7) is 0. The maximum Gasteiger partial charge on any atom is 0.331 e. The van der Waals surface area contributed by atoms with Crippen LogP contribution in [0.3, 0.4) is 0 Å². The molecule has 0 aliphatic heterocycles. The van der Waals surface area contributed by atoms with E-state index in [1.807, 2.05) is 0 Å². The lowest BCUT2D eigenvalue weighted by atomic mass is 9.97. The molecule has 2 aromatic rings. The van der Waals surface area contributed by atoms with Crippen LogP contribution in [-0.2, 0) is 16.0 Å². The molecule has 128 valence electrons. The number of carbonyl (C=O) groups is 2. The summed E-state index contributed by atoms with van der Waals surface area (Å²) in [5.41, 5.74) is 1.69. The number of carbonyl (C=O) groups excluding carboxylic acids is 1. The molecule has 0 spiro atoms. The van der Waals surface area contributed by atoms with Crippen LogP contribution in [0, 0.1) is 11.6 Å². The van der Waals surface area contributed by atoms with E-state index in [4.69, 9.17) is 5.11 Å². The molecule has 0 fully saturated rings. The Labute approximate surface area is 143 Å². The molecule has 0 atom stereocenters. The Morgan fingerprint density at radius 2 is 1.68 bits per heavy atom. The van der Waals surface area contributed by atoms with Crippen molar-refractivity contribution in [2.24, 2.45) is 0 Å². The number of ketones is 1. The fourth-order valence-corrected chi connectivity index (χ4v) is 3.11. The molecule has 5 heteroatoms. The first-order chi connectivity index (χ1) is 12.0. The van der Waals surface area contributed by atoms with Crippen LogP contribution in [-0.4, -0.2) is 16.9 Å². The van der Waals surface area contributed by atoms with Crippen molar-refractivity contribution in [1.29, 1.82) is 0 Å². The Morgan fingerprint density at radius 1 is 0.960 bits per heavy atom. The highest BCUT2D eigenvalue weighted by Crippen LogP contribution is 2.29. The second kappa shape index (κ2) is 6.97. The number of carboxylic acid groups (broad SMARTS) is 1. The lowest BCUT2D eigenvalue weighted by molar-refractivity contribution is -0.133. The Kier molecular flexibility index (Phi) is 4.74. The Hall–Kier alpha value is -2.82.